The predicted molar refractivity (Wildman–Crippen MR) is 84.1 cm³/mol. The highest BCUT2D eigenvalue weighted by Gasteiger charge is 2.50. The maximum Gasteiger partial charge on any atom is 0.362 e. The molecule has 2 aromatic carbocycles. The van der Waals surface area contributed by atoms with Crippen LogP contribution in [0.5, 0.6) is 0 Å². The molecule has 0 spiro atoms. The predicted octanol–water partition coefficient (Wildman–Crippen LogP) is 2.53. The summed E-state index contributed by atoms with van der Waals surface area (Å²) in [6.07, 6.45) is 0. The van der Waals surface area contributed by atoms with Crippen LogP contribution in [0.4, 0.5) is 11.4 Å². The van der Waals surface area contributed by atoms with E-state index < -0.39 is 20.8 Å². The molecule has 1 aliphatic heterocycles. The maximum atomic E-state index is 12.5. The van der Waals surface area contributed by atoms with Gasteiger partial charge in [-0.05, 0) is 29.4 Å². The van der Waals surface area contributed by atoms with E-state index in [0.717, 1.165) is 5.56 Å². The van der Waals surface area contributed by atoms with Crippen LogP contribution >= 0.6 is 0 Å². The topological polar surface area (TPSA) is 118 Å². The first-order valence-electron chi connectivity index (χ1n) is 6.64. The maximum absolute atomic E-state index is 12.5. The van der Waals surface area contributed by atoms with Crippen LogP contribution < -0.4 is 10.5 Å². The number of nitrogens with zero attached hydrogens (tertiary/aromatic N) is 3. The molecular weight excluding hydrogens is 318 g/mol. The van der Waals surface area contributed by atoms with Gasteiger partial charge in [-0.1, -0.05) is 34.9 Å². The second kappa shape index (κ2) is 5.23. The van der Waals surface area contributed by atoms with Crippen molar-refractivity contribution in [2.45, 2.75) is 11.8 Å². The number of quaternary nitrogens is 1. The van der Waals surface area contributed by atoms with E-state index in [1.165, 1.54) is 12.1 Å². The van der Waals surface area contributed by atoms with Crippen molar-refractivity contribution in [2.24, 2.45) is 16.1 Å². The number of hydroxylamine groups is 1. The number of hydrogen-bond acceptors (Lipinski definition) is 6. The Bertz CT molecular complexity index is 908. The minimum atomic E-state index is -4.21. The van der Waals surface area contributed by atoms with Gasteiger partial charge in [-0.25, -0.2) is 5.41 Å². The number of guanidine groups is 1. The fourth-order valence-electron chi connectivity index (χ4n) is 2.13. The largest absolute Gasteiger partial charge is 0.362 e. The van der Waals surface area contributed by atoms with Crippen LogP contribution in [0.15, 0.2) is 63.8 Å². The van der Waals surface area contributed by atoms with Gasteiger partial charge in [0.15, 0.2) is 5.69 Å². The summed E-state index contributed by atoms with van der Waals surface area (Å²) in [5.41, 5.74) is 7.13. The van der Waals surface area contributed by atoms with Crippen LogP contribution in [0.25, 0.3) is 0 Å². The molecule has 0 radical (unpaired) electrons. The van der Waals surface area contributed by atoms with Gasteiger partial charge < -0.3 is 5.73 Å². The minimum absolute atomic E-state index is 0.0542. The molecule has 3 N–H and O–H groups in total. The second-order valence-electron chi connectivity index (χ2n) is 4.98. The lowest BCUT2D eigenvalue weighted by atomic mass is 10.2. The summed E-state index contributed by atoms with van der Waals surface area (Å²) in [5, 5.41) is 15.4. The Morgan fingerprint density at radius 2 is 1.83 bits per heavy atom. The van der Waals surface area contributed by atoms with Crippen molar-refractivity contribution in [1.29, 1.82) is 5.41 Å². The number of rotatable bonds is 3. The average molecular weight is 332 g/mol. The van der Waals surface area contributed by atoms with Gasteiger partial charge >= 0.3 is 16.1 Å². The molecule has 8 nitrogen and oxygen atoms in total. The van der Waals surface area contributed by atoms with Crippen LogP contribution in [0.3, 0.4) is 0 Å². The molecule has 1 unspecified atom stereocenters. The van der Waals surface area contributed by atoms with E-state index in [1.54, 1.807) is 36.4 Å². The van der Waals surface area contributed by atoms with Gasteiger partial charge in [0.05, 0.1) is 14.9 Å². The minimum Gasteiger partial charge on any atom is -0.333 e. The third kappa shape index (κ3) is 2.50. The molecule has 0 saturated heterocycles. The van der Waals surface area contributed by atoms with Crippen LogP contribution in [-0.2, 0) is 14.4 Å². The van der Waals surface area contributed by atoms with Gasteiger partial charge in [-0.15, -0.1) is 0 Å². The number of benzene rings is 2. The van der Waals surface area contributed by atoms with E-state index in [4.69, 9.17) is 15.4 Å². The molecule has 1 heterocycles. The monoisotopic (exact) mass is 332 g/mol. The van der Waals surface area contributed by atoms with E-state index in [0.29, 0.717) is 5.69 Å². The Balaban J connectivity index is 2.07. The number of fused-ring (bicyclic) bond motifs is 1. The number of nitrogens with one attached hydrogen (secondary N) is 1. The number of hydrogen-bond donors (Lipinski definition) is 2. The molecule has 1 aliphatic rings. The Labute approximate surface area is 133 Å². The number of aryl methyl sites for hydroxylation is 1. The van der Waals surface area contributed by atoms with E-state index >= 15 is 0 Å². The van der Waals surface area contributed by atoms with E-state index in [2.05, 4.69) is 10.3 Å². The van der Waals surface area contributed by atoms with E-state index in [1.807, 2.05) is 6.92 Å². The van der Waals surface area contributed by atoms with Crippen molar-refractivity contribution < 1.29 is 12.7 Å². The SMILES string of the molecule is Cc1ccc(S(=O)(=O)O[N+]2(C(=N)N)N=Nc3ccccc32)cc1. The Kier molecular flexibility index (Phi) is 3.48. The number of para-hydroxylation sites is 1. The van der Waals surface area contributed by atoms with Crippen LogP contribution in [-0.4, -0.2) is 14.4 Å². The Morgan fingerprint density at radius 3 is 2.48 bits per heavy atom. The lowest BCUT2D eigenvalue weighted by molar-refractivity contribution is 0.0327. The zero-order valence-corrected chi connectivity index (χ0v) is 13.0. The lowest BCUT2D eigenvalue weighted by Gasteiger charge is -2.20. The average Bonchev–Trinajstić information content (AvgIpc) is 2.88. The molecule has 0 fully saturated rings. The van der Waals surface area contributed by atoms with Crippen molar-refractivity contribution in [2.75, 3.05) is 0 Å². The van der Waals surface area contributed by atoms with Crippen molar-refractivity contribution in [1.82, 2.24) is 4.76 Å². The standard InChI is InChI=1S/C14H14N5O3S/c1-10-6-8-11(9-7-10)23(20,21)22-19(14(15)16)13-5-3-2-4-12(13)17-18-19/h2-9H,1H3,(H3,15,16)/q+1. The first-order valence-corrected chi connectivity index (χ1v) is 8.05. The smallest absolute Gasteiger partial charge is 0.333 e. The second-order valence-corrected chi connectivity index (χ2v) is 6.51. The van der Waals surface area contributed by atoms with E-state index in [-0.39, 0.29) is 10.6 Å². The summed E-state index contributed by atoms with van der Waals surface area (Å²) >= 11 is 0. The summed E-state index contributed by atoms with van der Waals surface area (Å²) in [6, 6.07) is 12.7. The fourth-order valence-corrected chi connectivity index (χ4v) is 3.16. The quantitative estimate of drug-likeness (QED) is 0.510. The molecular formula is C14H14N5O3S+. The molecule has 1 atom stereocenters. The van der Waals surface area contributed by atoms with Gasteiger partial charge in [0, 0.05) is 6.07 Å². The van der Waals surface area contributed by atoms with Gasteiger partial charge in [0.25, 0.3) is 0 Å². The molecule has 9 heteroatoms. The van der Waals surface area contributed by atoms with Gasteiger partial charge in [0.1, 0.15) is 0 Å². The summed E-state index contributed by atoms with van der Waals surface area (Å²) in [4.78, 5) is -0.0542. The third-order valence-corrected chi connectivity index (χ3v) is 4.59. The first kappa shape index (κ1) is 15.3. The highest BCUT2D eigenvalue weighted by atomic mass is 32.2. The zero-order chi connectivity index (χ0) is 16.7. The Morgan fingerprint density at radius 1 is 1.17 bits per heavy atom. The van der Waals surface area contributed by atoms with Crippen molar-refractivity contribution in [3.63, 3.8) is 0 Å². The molecule has 0 bridgehead atoms. The van der Waals surface area contributed by atoms with Crippen molar-refractivity contribution in [3.05, 3.63) is 54.1 Å². The molecule has 0 amide bonds. The highest BCUT2D eigenvalue weighted by Crippen LogP contribution is 2.42. The summed E-state index contributed by atoms with van der Waals surface area (Å²) in [5.74, 6) is -0.616. The van der Waals surface area contributed by atoms with Crippen molar-refractivity contribution >= 4 is 27.5 Å². The molecule has 2 aromatic rings. The van der Waals surface area contributed by atoms with Crippen LogP contribution in [0, 0.1) is 12.3 Å². The van der Waals surface area contributed by atoms with Crippen LogP contribution in [0.1, 0.15) is 5.56 Å². The molecule has 118 valence electrons. The number of nitrogens with two attached hydrogens (primary N) is 1. The molecule has 0 aliphatic carbocycles. The van der Waals surface area contributed by atoms with Crippen molar-refractivity contribution in [3.8, 4) is 0 Å². The van der Waals surface area contributed by atoms with E-state index in [9.17, 15) is 8.42 Å². The Hall–Kier alpha value is -2.62. The summed E-state index contributed by atoms with van der Waals surface area (Å²) < 4.78 is 29.1. The summed E-state index contributed by atoms with van der Waals surface area (Å²) in [7, 11) is -4.21. The normalized spacial score (nSPS) is 19.5. The lowest BCUT2D eigenvalue weighted by Crippen LogP contribution is -2.53. The first-order chi connectivity index (χ1) is 10.8. The fraction of sp³-hybridized carbons (Fsp3) is 0.0714. The van der Waals surface area contributed by atoms with Gasteiger partial charge in [0.2, 0.25) is 5.69 Å². The molecule has 3 rings (SSSR count). The highest BCUT2D eigenvalue weighted by molar-refractivity contribution is 7.86. The summed E-state index contributed by atoms with van der Waals surface area (Å²) in [6.45, 7) is 1.84. The zero-order valence-electron chi connectivity index (χ0n) is 12.2. The molecule has 0 saturated carbocycles. The van der Waals surface area contributed by atoms with Gasteiger partial charge in [-0.3, -0.25) is 0 Å². The third-order valence-electron chi connectivity index (χ3n) is 3.33. The molecule has 23 heavy (non-hydrogen) atoms. The van der Waals surface area contributed by atoms with Gasteiger partial charge in [-0.2, -0.15) is 8.42 Å². The van der Waals surface area contributed by atoms with Crippen LogP contribution in [0.2, 0.25) is 0 Å². The molecule has 0 aromatic heterocycles.